The van der Waals surface area contributed by atoms with E-state index < -0.39 is 0 Å². The molecule has 0 N–H and O–H groups in total. The molecule has 1 aliphatic rings. The van der Waals surface area contributed by atoms with Crippen LogP contribution in [0.5, 0.6) is 5.75 Å². The molecule has 1 saturated heterocycles. The highest BCUT2D eigenvalue weighted by atomic mass is 16.5. The molecule has 4 nitrogen and oxygen atoms in total. The number of methoxy groups -OCH3 is 1. The zero-order valence-electron chi connectivity index (χ0n) is 14.3. The van der Waals surface area contributed by atoms with Gasteiger partial charge in [0, 0.05) is 30.1 Å². The molecule has 1 aromatic carbocycles. The molecule has 0 aromatic heterocycles. The SMILES string of the molecule is COc1c(C(C)=O)cc(C)c(C#N)c1C1CN(C(C)(C)C)C1. The largest absolute Gasteiger partial charge is 0.496 e. The summed E-state index contributed by atoms with van der Waals surface area (Å²) in [4.78, 5) is 14.3. The van der Waals surface area contributed by atoms with E-state index in [4.69, 9.17) is 4.74 Å². The van der Waals surface area contributed by atoms with E-state index in [9.17, 15) is 10.1 Å². The summed E-state index contributed by atoms with van der Waals surface area (Å²) in [5, 5.41) is 9.54. The summed E-state index contributed by atoms with van der Waals surface area (Å²) in [7, 11) is 1.57. The standard InChI is InChI=1S/C18H24N2O2/c1-11-7-14(12(2)21)17(22-6)16(15(11)8-19)13-9-20(10-13)18(3,4)5/h7,13H,9-10H2,1-6H3. The van der Waals surface area contributed by atoms with Crippen molar-refractivity contribution in [3.05, 3.63) is 28.3 Å². The van der Waals surface area contributed by atoms with Crippen LogP contribution in [0.15, 0.2) is 6.07 Å². The number of benzene rings is 1. The number of nitrogens with zero attached hydrogens (tertiary/aromatic N) is 2. The molecule has 0 saturated carbocycles. The number of aryl methyl sites for hydroxylation is 1. The molecule has 0 amide bonds. The number of carbonyl (C=O) groups is 1. The average Bonchev–Trinajstić information content (AvgIpc) is 2.34. The van der Waals surface area contributed by atoms with E-state index in [1.54, 1.807) is 13.2 Å². The first-order valence-electron chi connectivity index (χ1n) is 7.58. The van der Waals surface area contributed by atoms with Crippen molar-refractivity contribution in [1.82, 2.24) is 4.90 Å². The number of likely N-dealkylation sites (tertiary alicyclic amines) is 1. The maximum absolute atomic E-state index is 11.9. The summed E-state index contributed by atoms with van der Waals surface area (Å²) >= 11 is 0. The smallest absolute Gasteiger partial charge is 0.163 e. The molecule has 1 aliphatic heterocycles. The van der Waals surface area contributed by atoms with Crippen LogP contribution in [0.2, 0.25) is 0 Å². The van der Waals surface area contributed by atoms with E-state index in [2.05, 4.69) is 31.7 Å². The molecule has 4 heteroatoms. The Hall–Kier alpha value is -1.86. The second-order valence-corrected chi connectivity index (χ2v) is 7.00. The van der Waals surface area contributed by atoms with Gasteiger partial charge in [0.05, 0.1) is 24.3 Å². The highest BCUT2D eigenvalue weighted by Gasteiger charge is 2.38. The van der Waals surface area contributed by atoms with E-state index in [0.717, 1.165) is 24.2 Å². The van der Waals surface area contributed by atoms with Crippen LogP contribution < -0.4 is 4.74 Å². The number of ether oxygens (including phenoxy) is 1. The van der Waals surface area contributed by atoms with Crippen LogP contribution >= 0.6 is 0 Å². The highest BCUT2D eigenvalue weighted by molar-refractivity contribution is 5.98. The lowest BCUT2D eigenvalue weighted by atomic mass is 9.81. The fourth-order valence-corrected chi connectivity index (χ4v) is 3.05. The van der Waals surface area contributed by atoms with Crippen molar-refractivity contribution < 1.29 is 9.53 Å². The normalized spacial score (nSPS) is 16.0. The minimum Gasteiger partial charge on any atom is -0.496 e. The van der Waals surface area contributed by atoms with Crippen LogP contribution in [0, 0.1) is 18.3 Å². The van der Waals surface area contributed by atoms with E-state index >= 15 is 0 Å². The third-order valence-electron chi connectivity index (χ3n) is 4.45. The number of hydrogen-bond donors (Lipinski definition) is 0. The van der Waals surface area contributed by atoms with Gasteiger partial charge in [-0.15, -0.1) is 0 Å². The van der Waals surface area contributed by atoms with E-state index in [-0.39, 0.29) is 17.2 Å². The fraction of sp³-hybridized carbons (Fsp3) is 0.556. The lowest BCUT2D eigenvalue weighted by molar-refractivity contribution is 0.0460. The number of nitriles is 1. The van der Waals surface area contributed by atoms with Gasteiger partial charge in [-0.3, -0.25) is 9.69 Å². The lowest BCUT2D eigenvalue weighted by Crippen LogP contribution is -2.54. The predicted octanol–water partition coefficient (Wildman–Crippen LogP) is 3.28. The van der Waals surface area contributed by atoms with Gasteiger partial charge in [-0.2, -0.15) is 5.26 Å². The molecule has 0 bridgehead atoms. The maximum Gasteiger partial charge on any atom is 0.163 e. The molecule has 1 aromatic rings. The zero-order valence-corrected chi connectivity index (χ0v) is 14.3. The second kappa shape index (κ2) is 5.73. The Labute approximate surface area is 132 Å². The van der Waals surface area contributed by atoms with Crippen molar-refractivity contribution >= 4 is 5.78 Å². The second-order valence-electron chi connectivity index (χ2n) is 7.00. The van der Waals surface area contributed by atoms with Crippen LogP contribution in [0.4, 0.5) is 0 Å². The van der Waals surface area contributed by atoms with Gasteiger partial charge in [0.15, 0.2) is 5.78 Å². The molecule has 0 aliphatic carbocycles. The first-order valence-corrected chi connectivity index (χ1v) is 7.58. The van der Waals surface area contributed by atoms with Crippen molar-refractivity contribution in [3.63, 3.8) is 0 Å². The number of rotatable bonds is 3. The van der Waals surface area contributed by atoms with Gasteiger partial charge in [0.1, 0.15) is 5.75 Å². The van der Waals surface area contributed by atoms with Crippen molar-refractivity contribution in [1.29, 1.82) is 5.26 Å². The van der Waals surface area contributed by atoms with Gasteiger partial charge >= 0.3 is 0 Å². The topological polar surface area (TPSA) is 53.3 Å². The van der Waals surface area contributed by atoms with E-state index in [1.165, 1.54) is 6.92 Å². The Morgan fingerprint density at radius 3 is 2.41 bits per heavy atom. The lowest BCUT2D eigenvalue weighted by Gasteiger charge is -2.48. The number of ketones is 1. The van der Waals surface area contributed by atoms with E-state index in [1.807, 2.05) is 6.92 Å². The van der Waals surface area contributed by atoms with Gasteiger partial charge in [0.2, 0.25) is 0 Å². The van der Waals surface area contributed by atoms with Crippen molar-refractivity contribution in [2.75, 3.05) is 20.2 Å². The van der Waals surface area contributed by atoms with Crippen molar-refractivity contribution in [3.8, 4) is 11.8 Å². The fourth-order valence-electron chi connectivity index (χ4n) is 3.05. The molecule has 0 unspecified atom stereocenters. The van der Waals surface area contributed by atoms with Crippen LogP contribution in [-0.2, 0) is 0 Å². The molecular weight excluding hydrogens is 276 g/mol. The van der Waals surface area contributed by atoms with E-state index in [0.29, 0.717) is 16.9 Å². The van der Waals surface area contributed by atoms with Crippen LogP contribution in [0.1, 0.15) is 60.7 Å². The Balaban J connectivity index is 2.51. The average molecular weight is 300 g/mol. The first-order chi connectivity index (χ1) is 10.2. The molecule has 1 heterocycles. The van der Waals surface area contributed by atoms with Gasteiger partial charge in [-0.05, 0) is 46.2 Å². The highest BCUT2D eigenvalue weighted by Crippen LogP contribution is 2.41. The zero-order chi connectivity index (χ0) is 16.7. The Kier molecular flexibility index (Phi) is 4.30. The monoisotopic (exact) mass is 300 g/mol. The molecule has 0 radical (unpaired) electrons. The molecule has 118 valence electrons. The molecule has 0 atom stereocenters. The van der Waals surface area contributed by atoms with Crippen LogP contribution in [-0.4, -0.2) is 36.4 Å². The molecule has 1 fully saturated rings. The summed E-state index contributed by atoms with van der Waals surface area (Å²) in [5.41, 5.74) is 3.08. The number of hydrogen-bond acceptors (Lipinski definition) is 4. The van der Waals surface area contributed by atoms with Crippen LogP contribution in [0.3, 0.4) is 0 Å². The third kappa shape index (κ3) is 2.74. The van der Waals surface area contributed by atoms with Crippen molar-refractivity contribution in [2.45, 2.75) is 46.1 Å². The quantitative estimate of drug-likeness (QED) is 0.804. The van der Waals surface area contributed by atoms with Gasteiger partial charge in [-0.25, -0.2) is 0 Å². The van der Waals surface area contributed by atoms with Gasteiger partial charge in [-0.1, -0.05) is 0 Å². The summed E-state index contributed by atoms with van der Waals surface area (Å²) in [6.07, 6.45) is 0. The van der Waals surface area contributed by atoms with Gasteiger partial charge in [0.25, 0.3) is 0 Å². The predicted molar refractivity (Wildman–Crippen MR) is 86.5 cm³/mol. The number of Topliss-reactive ketones (excluding diaryl/α,β-unsaturated/α-hetero) is 1. The summed E-state index contributed by atoms with van der Waals surface area (Å²) in [5.74, 6) is 0.785. The Bertz CT molecular complexity index is 645. The molecule has 0 spiro atoms. The number of carbonyl (C=O) groups excluding carboxylic acids is 1. The first kappa shape index (κ1) is 16.5. The molecule has 2 rings (SSSR count). The Morgan fingerprint density at radius 1 is 1.41 bits per heavy atom. The summed E-state index contributed by atoms with van der Waals surface area (Å²) in [6, 6.07) is 4.06. The van der Waals surface area contributed by atoms with Crippen LogP contribution in [0.25, 0.3) is 0 Å². The maximum atomic E-state index is 11.9. The molecule has 22 heavy (non-hydrogen) atoms. The van der Waals surface area contributed by atoms with Crippen molar-refractivity contribution in [2.24, 2.45) is 0 Å². The van der Waals surface area contributed by atoms with Gasteiger partial charge < -0.3 is 4.74 Å². The summed E-state index contributed by atoms with van der Waals surface area (Å²) < 4.78 is 5.52. The minimum atomic E-state index is -0.0299. The molecular formula is C18H24N2O2. The summed E-state index contributed by atoms with van der Waals surface area (Å²) in [6.45, 7) is 11.7. The Morgan fingerprint density at radius 2 is 2.00 bits per heavy atom. The third-order valence-corrected chi connectivity index (χ3v) is 4.45. The minimum absolute atomic E-state index is 0.0299.